The number of rotatable bonds is 7. The number of benzene rings is 3. The molecular formula is C24H22O5S. The third-order valence-corrected chi connectivity index (χ3v) is 7.79. The first-order valence-corrected chi connectivity index (χ1v) is 11.1. The maximum atomic E-state index is 13.4. The molecule has 0 aromatic heterocycles. The van der Waals surface area contributed by atoms with Crippen molar-refractivity contribution in [2.24, 2.45) is 5.92 Å². The molecule has 0 saturated heterocycles. The second-order valence-electron chi connectivity index (χ2n) is 7.24. The normalized spacial score (nSPS) is 20.4. The molecule has 0 heterocycles. The molecule has 3 aromatic carbocycles. The number of carbonyl (C=O) groups is 1. The van der Waals surface area contributed by atoms with E-state index in [4.69, 9.17) is 9.47 Å². The Bertz CT molecular complexity index is 1140. The smallest absolute Gasteiger partial charge is 0.182 e. The molecule has 30 heavy (non-hydrogen) atoms. The van der Waals surface area contributed by atoms with E-state index in [0.29, 0.717) is 17.1 Å². The van der Waals surface area contributed by atoms with Gasteiger partial charge in [-0.15, -0.1) is 0 Å². The average molecular weight is 423 g/mol. The van der Waals surface area contributed by atoms with E-state index in [2.05, 4.69) is 0 Å². The summed E-state index contributed by atoms with van der Waals surface area (Å²) in [4.78, 5) is 13.4. The third kappa shape index (κ3) is 3.59. The minimum Gasteiger partial charge on any atom is -0.497 e. The van der Waals surface area contributed by atoms with Gasteiger partial charge in [-0.25, -0.2) is 8.42 Å². The predicted octanol–water partition coefficient (Wildman–Crippen LogP) is 4.14. The summed E-state index contributed by atoms with van der Waals surface area (Å²) in [7, 11) is -0.613. The van der Waals surface area contributed by atoms with Crippen LogP contribution in [-0.4, -0.2) is 33.7 Å². The molecule has 0 radical (unpaired) electrons. The number of ketones is 1. The van der Waals surface area contributed by atoms with E-state index in [1.165, 1.54) is 19.2 Å². The van der Waals surface area contributed by atoms with Crippen molar-refractivity contribution in [3.05, 3.63) is 90.0 Å². The Morgan fingerprint density at radius 2 is 1.30 bits per heavy atom. The number of methoxy groups -OCH3 is 2. The van der Waals surface area contributed by atoms with Gasteiger partial charge in [0, 0.05) is 17.4 Å². The third-order valence-electron chi connectivity index (χ3n) is 5.56. The summed E-state index contributed by atoms with van der Waals surface area (Å²) in [6, 6.07) is 22.4. The second kappa shape index (κ2) is 7.95. The highest BCUT2D eigenvalue weighted by atomic mass is 32.2. The van der Waals surface area contributed by atoms with Gasteiger partial charge < -0.3 is 9.47 Å². The average Bonchev–Trinajstić information content (AvgIpc) is 3.56. The van der Waals surface area contributed by atoms with Crippen molar-refractivity contribution < 1.29 is 22.7 Å². The summed E-state index contributed by atoms with van der Waals surface area (Å²) < 4.78 is 37.2. The quantitative estimate of drug-likeness (QED) is 0.535. The Morgan fingerprint density at radius 3 is 1.83 bits per heavy atom. The summed E-state index contributed by atoms with van der Waals surface area (Å²) >= 11 is 0. The minimum absolute atomic E-state index is 0.154. The molecule has 1 saturated carbocycles. The second-order valence-corrected chi connectivity index (χ2v) is 9.35. The first-order valence-electron chi connectivity index (χ1n) is 9.58. The standard InChI is InChI=1S/C24H22O5S/c1-28-18-10-8-16(9-11-18)21-22(23(25)17-6-4-3-5-7-17)24(21)30(26,27)20-14-12-19(29-2)13-15-20/h3-15,21-22,24H,1-2H3/t21-,22-,24+/m1/s1. The molecule has 3 aromatic rings. The van der Waals surface area contributed by atoms with Gasteiger partial charge in [0.1, 0.15) is 11.5 Å². The fourth-order valence-corrected chi connectivity index (χ4v) is 6.05. The van der Waals surface area contributed by atoms with E-state index >= 15 is 0 Å². The van der Waals surface area contributed by atoms with E-state index < -0.39 is 26.9 Å². The number of sulfone groups is 1. The van der Waals surface area contributed by atoms with Crippen molar-refractivity contribution in [2.75, 3.05) is 14.2 Å². The van der Waals surface area contributed by atoms with E-state index in [1.54, 1.807) is 55.6 Å². The van der Waals surface area contributed by atoms with Crippen LogP contribution in [0.2, 0.25) is 0 Å². The molecule has 6 heteroatoms. The van der Waals surface area contributed by atoms with Crippen LogP contribution in [0.25, 0.3) is 0 Å². The molecule has 0 spiro atoms. The fourth-order valence-electron chi connectivity index (χ4n) is 3.92. The van der Waals surface area contributed by atoms with Gasteiger partial charge in [0.15, 0.2) is 15.6 Å². The molecule has 1 fully saturated rings. The number of hydrogen-bond acceptors (Lipinski definition) is 5. The predicted molar refractivity (Wildman–Crippen MR) is 114 cm³/mol. The highest BCUT2D eigenvalue weighted by Gasteiger charge is 2.62. The van der Waals surface area contributed by atoms with Crippen molar-refractivity contribution in [1.82, 2.24) is 0 Å². The first kappa shape index (κ1) is 20.2. The summed E-state index contributed by atoms with van der Waals surface area (Å²) in [5, 5.41) is -0.813. The van der Waals surface area contributed by atoms with Crippen LogP contribution < -0.4 is 9.47 Å². The highest BCUT2D eigenvalue weighted by Crippen LogP contribution is 2.55. The molecule has 0 aliphatic heterocycles. The SMILES string of the molecule is COc1ccc([C@@H]2[C@H](C(=O)c3ccccc3)[C@H]2S(=O)(=O)c2ccc(OC)cc2)cc1. The zero-order valence-corrected chi connectivity index (χ0v) is 17.5. The summed E-state index contributed by atoms with van der Waals surface area (Å²) in [5.74, 6) is 0.0652. The van der Waals surface area contributed by atoms with E-state index in [1.807, 2.05) is 18.2 Å². The van der Waals surface area contributed by atoms with Crippen LogP contribution in [0.5, 0.6) is 11.5 Å². The van der Waals surface area contributed by atoms with Gasteiger partial charge in [-0.1, -0.05) is 42.5 Å². The molecule has 4 rings (SSSR count). The fraction of sp³-hybridized carbons (Fsp3) is 0.208. The molecule has 3 atom stereocenters. The highest BCUT2D eigenvalue weighted by molar-refractivity contribution is 7.92. The van der Waals surface area contributed by atoms with Crippen LogP contribution in [0.4, 0.5) is 0 Å². The van der Waals surface area contributed by atoms with Crippen LogP contribution in [0, 0.1) is 5.92 Å². The summed E-state index contributed by atoms with van der Waals surface area (Å²) in [6.45, 7) is 0. The van der Waals surface area contributed by atoms with Gasteiger partial charge in [0.05, 0.1) is 24.4 Å². The molecule has 1 aliphatic rings. The van der Waals surface area contributed by atoms with Crippen molar-refractivity contribution in [2.45, 2.75) is 16.1 Å². The first-order chi connectivity index (χ1) is 14.5. The molecule has 154 valence electrons. The van der Waals surface area contributed by atoms with E-state index in [9.17, 15) is 13.2 Å². The molecule has 0 amide bonds. The lowest BCUT2D eigenvalue weighted by molar-refractivity contribution is 0.0965. The Morgan fingerprint density at radius 1 is 0.767 bits per heavy atom. The van der Waals surface area contributed by atoms with E-state index in [0.717, 1.165) is 5.56 Å². The minimum atomic E-state index is -3.71. The van der Waals surface area contributed by atoms with Crippen LogP contribution in [0.3, 0.4) is 0 Å². The Labute approximate surface area is 176 Å². The number of Topliss-reactive ketones (excluding diaryl/α,β-unsaturated/α-hetero) is 1. The Balaban J connectivity index is 1.72. The lowest BCUT2D eigenvalue weighted by Gasteiger charge is -2.06. The van der Waals surface area contributed by atoms with Crippen LogP contribution in [0.1, 0.15) is 21.8 Å². The molecule has 5 nitrogen and oxygen atoms in total. The van der Waals surface area contributed by atoms with Crippen molar-refractivity contribution in [3.63, 3.8) is 0 Å². The lowest BCUT2D eigenvalue weighted by Crippen LogP contribution is -2.14. The van der Waals surface area contributed by atoms with Gasteiger partial charge in [-0.3, -0.25) is 4.79 Å². The topological polar surface area (TPSA) is 69.7 Å². The number of ether oxygens (including phenoxy) is 2. The maximum absolute atomic E-state index is 13.4. The maximum Gasteiger partial charge on any atom is 0.182 e. The zero-order valence-electron chi connectivity index (χ0n) is 16.7. The van der Waals surface area contributed by atoms with Gasteiger partial charge >= 0.3 is 0 Å². The monoisotopic (exact) mass is 422 g/mol. The van der Waals surface area contributed by atoms with Crippen molar-refractivity contribution in [3.8, 4) is 11.5 Å². The molecule has 0 unspecified atom stereocenters. The largest absolute Gasteiger partial charge is 0.497 e. The Hall–Kier alpha value is -3.12. The van der Waals surface area contributed by atoms with Crippen LogP contribution in [-0.2, 0) is 9.84 Å². The van der Waals surface area contributed by atoms with E-state index in [-0.39, 0.29) is 10.7 Å². The van der Waals surface area contributed by atoms with Crippen LogP contribution in [0.15, 0.2) is 83.8 Å². The number of carbonyl (C=O) groups excluding carboxylic acids is 1. The molecule has 0 N–H and O–H groups in total. The van der Waals surface area contributed by atoms with Crippen molar-refractivity contribution in [1.29, 1.82) is 0 Å². The van der Waals surface area contributed by atoms with Gasteiger partial charge in [0.25, 0.3) is 0 Å². The van der Waals surface area contributed by atoms with Gasteiger partial charge in [0.2, 0.25) is 0 Å². The molecule has 0 bridgehead atoms. The van der Waals surface area contributed by atoms with Crippen LogP contribution >= 0.6 is 0 Å². The van der Waals surface area contributed by atoms with Crippen molar-refractivity contribution >= 4 is 15.6 Å². The lowest BCUT2D eigenvalue weighted by atomic mass is 10.0. The zero-order chi connectivity index (χ0) is 21.3. The van der Waals surface area contributed by atoms with Gasteiger partial charge in [-0.2, -0.15) is 0 Å². The number of hydrogen-bond donors (Lipinski definition) is 0. The molecule has 1 aliphatic carbocycles. The van der Waals surface area contributed by atoms with Gasteiger partial charge in [-0.05, 0) is 42.0 Å². The Kier molecular flexibility index (Phi) is 5.35. The summed E-state index contributed by atoms with van der Waals surface area (Å²) in [6.07, 6.45) is 0. The summed E-state index contributed by atoms with van der Waals surface area (Å²) in [5.41, 5.74) is 1.33. The molecular weight excluding hydrogens is 400 g/mol.